The number of hydrogen-bond acceptors (Lipinski definition) is 5. The fourth-order valence-electron chi connectivity index (χ4n) is 3.74. The summed E-state index contributed by atoms with van der Waals surface area (Å²) < 4.78 is 13.6. The maximum atomic E-state index is 10.5. The largest absolute Gasteiger partial charge is 0.439 e. The zero-order valence-corrected chi connectivity index (χ0v) is 19.9. The first kappa shape index (κ1) is 24.7. The van der Waals surface area contributed by atoms with Gasteiger partial charge in [-0.15, -0.1) is 6.58 Å². The molecule has 0 fully saturated rings. The third-order valence-electron chi connectivity index (χ3n) is 5.51. The molecule has 1 atom stereocenters. The Hall–Kier alpha value is -2.93. The van der Waals surface area contributed by atoms with E-state index in [1.165, 1.54) is 0 Å². The van der Waals surface area contributed by atoms with Crippen molar-refractivity contribution in [1.82, 2.24) is 14.7 Å². The van der Waals surface area contributed by atoms with Gasteiger partial charge in [-0.05, 0) is 56.5 Å². The van der Waals surface area contributed by atoms with E-state index in [9.17, 15) is 5.11 Å². The molecule has 1 heterocycles. The summed E-state index contributed by atoms with van der Waals surface area (Å²) in [6.07, 6.45) is 2.86. The number of aliphatic hydroxyl groups excluding tert-OH is 1. The van der Waals surface area contributed by atoms with Gasteiger partial charge in [0.2, 0.25) is 5.88 Å². The fourth-order valence-corrected chi connectivity index (χ4v) is 3.74. The minimum absolute atomic E-state index is 0.439. The number of hydrogen-bond donors (Lipinski definition) is 1. The summed E-state index contributed by atoms with van der Waals surface area (Å²) in [5.41, 5.74) is 3.95. The Morgan fingerprint density at radius 2 is 1.94 bits per heavy atom. The Kier molecular flexibility index (Phi) is 9.24. The van der Waals surface area contributed by atoms with Gasteiger partial charge in [-0.25, -0.2) is 4.68 Å². The summed E-state index contributed by atoms with van der Waals surface area (Å²) in [5, 5.41) is 15.4. The molecular weight excluding hydrogens is 414 g/mol. The number of allylic oxidation sites excluding steroid dienone is 1. The standard InChI is InChI=1S/C27H35N3O3/c1-5-6-14-24(31)19-29(16-17-32-4)20-26-22(3)28-30(23-12-8-7-9-13-23)27(26)33-25-15-10-11-21(2)18-25/h5,7-13,15,18,24,31H,1,6,14,16-17,19-20H2,2-4H3. The minimum atomic E-state index is -0.439. The summed E-state index contributed by atoms with van der Waals surface area (Å²) in [5.74, 6) is 1.45. The van der Waals surface area contributed by atoms with Crippen LogP contribution in [0.5, 0.6) is 11.6 Å². The molecule has 3 rings (SSSR count). The topological polar surface area (TPSA) is 59.8 Å². The highest BCUT2D eigenvalue weighted by Crippen LogP contribution is 2.32. The van der Waals surface area contributed by atoms with Gasteiger partial charge in [0.05, 0.1) is 29.7 Å². The Morgan fingerprint density at radius 3 is 2.64 bits per heavy atom. The number of rotatable bonds is 13. The highest BCUT2D eigenvalue weighted by Gasteiger charge is 2.22. The van der Waals surface area contributed by atoms with Crippen LogP contribution in [0.3, 0.4) is 0 Å². The molecule has 0 spiro atoms. The number of aliphatic hydroxyl groups is 1. The van der Waals surface area contributed by atoms with E-state index in [0.29, 0.717) is 38.5 Å². The highest BCUT2D eigenvalue weighted by atomic mass is 16.5. The van der Waals surface area contributed by atoms with Crippen molar-refractivity contribution in [3.05, 3.63) is 84.1 Å². The number of nitrogens with zero attached hydrogens (tertiary/aromatic N) is 3. The average Bonchev–Trinajstić information content (AvgIpc) is 3.11. The lowest BCUT2D eigenvalue weighted by molar-refractivity contribution is 0.0804. The molecule has 0 aliphatic heterocycles. The predicted octanol–water partition coefficient (Wildman–Crippen LogP) is 5.06. The van der Waals surface area contributed by atoms with E-state index in [0.717, 1.165) is 34.7 Å². The molecule has 33 heavy (non-hydrogen) atoms. The van der Waals surface area contributed by atoms with Gasteiger partial charge in [0.25, 0.3) is 0 Å². The lowest BCUT2D eigenvalue weighted by Crippen LogP contribution is -2.34. The predicted molar refractivity (Wildman–Crippen MR) is 132 cm³/mol. The SMILES string of the molecule is C=CCCC(O)CN(CCOC)Cc1c(C)nn(-c2ccccc2)c1Oc1cccc(C)c1. The average molecular weight is 450 g/mol. The summed E-state index contributed by atoms with van der Waals surface area (Å²) in [4.78, 5) is 2.19. The van der Waals surface area contributed by atoms with Gasteiger partial charge >= 0.3 is 0 Å². The molecule has 1 unspecified atom stereocenters. The van der Waals surface area contributed by atoms with Crippen molar-refractivity contribution in [2.24, 2.45) is 0 Å². The van der Waals surface area contributed by atoms with Gasteiger partial charge < -0.3 is 14.6 Å². The highest BCUT2D eigenvalue weighted by molar-refractivity contribution is 5.43. The van der Waals surface area contributed by atoms with Crippen LogP contribution in [0.25, 0.3) is 5.69 Å². The van der Waals surface area contributed by atoms with Crippen molar-refractivity contribution >= 4 is 0 Å². The maximum Gasteiger partial charge on any atom is 0.227 e. The van der Waals surface area contributed by atoms with E-state index in [-0.39, 0.29) is 0 Å². The third-order valence-corrected chi connectivity index (χ3v) is 5.51. The summed E-state index contributed by atoms with van der Waals surface area (Å²) in [6.45, 7) is 10.2. The van der Waals surface area contributed by atoms with Gasteiger partial charge in [-0.2, -0.15) is 5.10 Å². The molecule has 0 radical (unpaired) electrons. The number of ether oxygens (including phenoxy) is 2. The lowest BCUT2D eigenvalue weighted by atomic mass is 10.1. The van der Waals surface area contributed by atoms with E-state index < -0.39 is 6.10 Å². The number of benzene rings is 2. The monoisotopic (exact) mass is 449 g/mol. The van der Waals surface area contributed by atoms with Gasteiger partial charge in [-0.1, -0.05) is 36.4 Å². The first-order valence-electron chi connectivity index (χ1n) is 11.4. The first-order valence-corrected chi connectivity index (χ1v) is 11.4. The maximum absolute atomic E-state index is 10.5. The molecule has 176 valence electrons. The van der Waals surface area contributed by atoms with Crippen LogP contribution >= 0.6 is 0 Å². The summed E-state index contributed by atoms with van der Waals surface area (Å²) in [7, 11) is 1.69. The zero-order chi connectivity index (χ0) is 23.6. The van der Waals surface area contributed by atoms with Crippen LogP contribution in [-0.4, -0.2) is 52.7 Å². The number of methoxy groups -OCH3 is 1. The quantitative estimate of drug-likeness (QED) is 0.370. The van der Waals surface area contributed by atoms with Crippen molar-refractivity contribution in [2.45, 2.75) is 39.3 Å². The van der Waals surface area contributed by atoms with E-state index in [1.807, 2.05) is 79.2 Å². The van der Waals surface area contributed by atoms with Crippen LogP contribution < -0.4 is 4.74 Å². The molecule has 2 aromatic carbocycles. The first-order chi connectivity index (χ1) is 16.0. The van der Waals surface area contributed by atoms with Crippen LogP contribution in [0.1, 0.15) is 29.7 Å². The molecule has 0 bridgehead atoms. The second-order valence-electron chi connectivity index (χ2n) is 8.28. The van der Waals surface area contributed by atoms with Crippen molar-refractivity contribution in [3.8, 4) is 17.3 Å². The van der Waals surface area contributed by atoms with Crippen LogP contribution in [0.4, 0.5) is 0 Å². The Balaban J connectivity index is 1.96. The number of aromatic nitrogens is 2. The van der Waals surface area contributed by atoms with Gasteiger partial charge in [0.15, 0.2) is 0 Å². The van der Waals surface area contributed by atoms with Crippen LogP contribution in [0.2, 0.25) is 0 Å². The number of aryl methyl sites for hydroxylation is 2. The molecular formula is C27H35N3O3. The van der Waals surface area contributed by atoms with Gasteiger partial charge in [-0.3, -0.25) is 4.90 Å². The van der Waals surface area contributed by atoms with Gasteiger partial charge in [0.1, 0.15) is 5.75 Å². The van der Waals surface area contributed by atoms with Gasteiger partial charge in [0, 0.05) is 26.7 Å². The lowest BCUT2D eigenvalue weighted by Gasteiger charge is -2.25. The Labute approximate surface area is 197 Å². The summed E-state index contributed by atoms with van der Waals surface area (Å²) >= 11 is 0. The molecule has 1 aromatic heterocycles. The molecule has 0 aliphatic rings. The molecule has 0 saturated carbocycles. The van der Waals surface area contributed by atoms with Crippen LogP contribution in [-0.2, 0) is 11.3 Å². The smallest absolute Gasteiger partial charge is 0.227 e. The molecule has 6 nitrogen and oxygen atoms in total. The molecule has 0 amide bonds. The molecule has 1 N–H and O–H groups in total. The van der Waals surface area contributed by atoms with Crippen LogP contribution in [0, 0.1) is 13.8 Å². The molecule has 0 saturated heterocycles. The normalized spacial score (nSPS) is 12.2. The van der Waals surface area contributed by atoms with E-state index in [1.54, 1.807) is 7.11 Å². The molecule has 3 aromatic rings. The van der Waals surface area contributed by atoms with Crippen LogP contribution in [0.15, 0.2) is 67.3 Å². The second kappa shape index (κ2) is 12.3. The Morgan fingerprint density at radius 1 is 1.15 bits per heavy atom. The molecule has 6 heteroatoms. The fraction of sp³-hybridized carbons (Fsp3) is 0.370. The summed E-state index contributed by atoms with van der Waals surface area (Å²) in [6, 6.07) is 18.0. The molecule has 0 aliphatic carbocycles. The minimum Gasteiger partial charge on any atom is -0.439 e. The number of para-hydroxylation sites is 1. The zero-order valence-electron chi connectivity index (χ0n) is 19.9. The van der Waals surface area contributed by atoms with E-state index >= 15 is 0 Å². The Bertz CT molecular complexity index is 1020. The third kappa shape index (κ3) is 7.02. The van der Waals surface area contributed by atoms with E-state index in [4.69, 9.17) is 14.6 Å². The second-order valence-corrected chi connectivity index (χ2v) is 8.28. The van der Waals surface area contributed by atoms with Crippen molar-refractivity contribution in [1.29, 1.82) is 0 Å². The van der Waals surface area contributed by atoms with Crippen molar-refractivity contribution < 1.29 is 14.6 Å². The van der Waals surface area contributed by atoms with E-state index in [2.05, 4.69) is 11.5 Å². The van der Waals surface area contributed by atoms with Crippen molar-refractivity contribution in [3.63, 3.8) is 0 Å². The van der Waals surface area contributed by atoms with Crippen molar-refractivity contribution in [2.75, 3.05) is 26.8 Å².